The van der Waals surface area contributed by atoms with Crippen molar-refractivity contribution < 1.29 is 9.59 Å². The molecule has 2 amide bonds. The Labute approximate surface area is 142 Å². The molecule has 1 aromatic carbocycles. The van der Waals surface area contributed by atoms with Crippen LogP contribution in [0.1, 0.15) is 19.0 Å². The third-order valence-electron chi connectivity index (χ3n) is 2.93. The largest absolute Gasteiger partial charge is 0.326 e. The van der Waals surface area contributed by atoms with E-state index in [1.54, 1.807) is 38.1 Å². The van der Waals surface area contributed by atoms with E-state index < -0.39 is 0 Å². The van der Waals surface area contributed by atoms with E-state index in [0.717, 1.165) is 11.8 Å². The summed E-state index contributed by atoms with van der Waals surface area (Å²) in [5.41, 5.74) is 1.13. The van der Waals surface area contributed by atoms with E-state index in [-0.39, 0.29) is 34.0 Å². The summed E-state index contributed by atoms with van der Waals surface area (Å²) >= 11 is 1.08. The number of aryl methyl sites for hydroxylation is 1. The maximum atomic E-state index is 12.0. The molecule has 0 bridgehead atoms. The highest BCUT2D eigenvalue weighted by molar-refractivity contribution is 7.99. The van der Waals surface area contributed by atoms with Crippen molar-refractivity contribution in [1.29, 1.82) is 0 Å². The first kappa shape index (κ1) is 17.7. The van der Waals surface area contributed by atoms with Crippen LogP contribution in [0.3, 0.4) is 0 Å². The summed E-state index contributed by atoms with van der Waals surface area (Å²) in [6.07, 6.45) is 0.378. The van der Waals surface area contributed by atoms with E-state index in [1.807, 2.05) is 0 Å². The number of anilines is 2. The smallest absolute Gasteiger partial charge is 0.273 e. The van der Waals surface area contributed by atoms with Crippen molar-refractivity contribution in [1.82, 2.24) is 15.2 Å². The molecule has 0 spiro atoms. The van der Waals surface area contributed by atoms with Crippen LogP contribution in [0.2, 0.25) is 0 Å². The molecule has 2 aromatic rings. The first-order chi connectivity index (χ1) is 11.5. The molecule has 8 nitrogen and oxygen atoms in total. The number of nitrogens with zero attached hydrogens (tertiary/aromatic N) is 2. The number of benzene rings is 1. The number of carbonyl (C=O) groups excluding carboxylic acids is 2. The summed E-state index contributed by atoms with van der Waals surface area (Å²) in [4.78, 5) is 37.3. The van der Waals surface area contributed by atoms with Crippen LogP contribution in [0.15, 0.2) is 34.2 Å². The first-order valence-corrected chi connectivity index (χ1v) is 8.22. The van der Waals surface area contributed by atoms with Gasteiger partial charge in [0.2, 0.25) is 11.8 Å². The molecule has 0 saturated carbocycles. The van der Waals surface area contributed by atoms with Crippen LogP contribution in [-0.2, 0) is 9.59 Å². The van der Waals surface area contributed by atoms with Crippen molar-refractivity contribution in [3.8, 4) is 0 Å². The molecule has 0 radical (unpaired) electrons. The molecule has 1 aromatic heterocycles. The lowest BCUT2D eigenvalue weighted by atomic mass is 10.2. The minimum absolute atomic E-state index is 0.0687. The molecular weight excluding hydrogens is 330 g/mol. The molecular formula is C15H17N5O3S. The molecule has 0 aliphatic heterocycles. The van der Waals surface area contributed by atoms with E-state index in [2.05, 4.69) is 25.8 Å². The summed E-state index contributed by atoms with van der Waals surface area (Å²) < 4.78 is 0. The fourth-order valence-electron chi connectivity index (χ4n) is 1.70. The van der Waals surface area contributed by atoms with Gasteiger partial charge in [0, 0.05) is 17.8 Å². The van der Waals surface area contributed by atoms with Crippen LogP contribution in [-0.4, -0.2) is 32.7 Å². The molecule has 0 aliphatic rings. The SMILES string of the molecule is CCC(=O)Nc1cccc(NC(=O)CSc2nnc(C)c(=O)[nH]2)c1. The Morgan fingerprint density at radius 1 is 1.17 bits per heavy atom. The van der Waals surface area contributed by atoms with Gasteiger partial charge in [0.15, 0.2) is 5.16 Å². The minimum Gasteiger partial charge on any atom is -0.326 e. The van der Waals surface area contributed by atoms with Gasteiger partial charge in [-0.3, -0.25) is 19.4 Å². The molecule has 0 aliphatic carbocycles. The molecule has 24 heavy (non-hydrogen) atoms. The van der Waals surface area contributed by atoms with E-state index >= 15 is 0 Å². The molecule has 3 N–H and O–H groups in total. The zero-order chi connectivity index (χ0) is 17.5. The Hall–Kier alpha value is -2.68. The van der Waals surface area contributed by atoms with Gasteiger partial charge >= 0.3 is 0 Å². The van der Waals surface area contributed by atoms with Crippen molar-refractivity contribution in [3.05, 3.63) is 40.3 Å². The summed E-state index contributed by atoms with van der Waals surface area (Å²) in [5, 5.41) is 13.2. The van der Waals surface area contributed by atoms with Gasteiger partial charge in [0.25, 0.3) is 5.56 Å². The summed E-state index contributed by atoms with van der Waals surface area (Å²) in [5.74, 6) is -0.294. The van der Waals surface area contributed by atoms with E-state index in [4.69, 9.17) is 0 Å². The van der Waals surface area contributed by atoms with Crippen LogP contribution in [0.4, 0.5) is 11.4 Å². The maximum Gasteiger partial charge on any atom is 0.273 e. The predicted molar refractivity (Wildman–Crippen MR) is 92.1 cm³/mol. The molecule has 0 unspecified atom stereocenters. The second kappa shape index (κ2) is 8.25. The summed E-state index contributed by atoms with van der Waals surface area (Å²) in [6.45, 7) is 3.31. The van der Waals surface area contributed by atoms with Crippen LogP contribution in [0, 0.1) is 6.92 Å². The monoisotopic (exact) mass is 347 g/mol. The van der Waals surface area contributed by atoms with Crippen molar-refractivity contribution in [2.75, 3.05) is 16.4 Å². The van der Waals surface area contributed by atoms with Crippen LogP contribution >= 0.6 is 11.8 Å². The van der Waals surface area contributed by atoms with Gasteiger partial charge in [0.05, 0.1) is 5.75 Å². The Morgan fingerprint density at radius 2 is 1.83 bits per heavy atom. The second-order valence-corrected chi connectivity index (χ2v) is 5.83. The fourth-order valence-corrected chi connectivity index (χ4v) is 2.30. The zero-order valence-electron chi connectivity index (χ0n) is 13.3. The number of H-pyrrole nitrogens is 1. The third-order valence-corrected chi connectivity index (χ3v) is 3.79. The van der Waals surface area contributed by atoms with Gasteiger partial charge in [-0.05, 0) is 25.1 Å². The number of aromatic nitrogens is 3. The average molecular weight is 347 g/mol. The lowest BCUT2D eigenvalue weighted by molar-refractivity contribution is -0.116. The number of nitrogens with one attached hydrogen (secondary N) is 3. The molecule has 1 heterocycles. The lowest BCUT2D eigenvalue weighted by Crippen LogP contribution is -2.17. The van der Waals surface area contributed by atoms with E-state index in [9.17, 15) is 14.4 Å². The molecule has 0 fully saturated rings. The van der Waals surface area contributed by atoms with E-state index in [0.29, 0.717) is 17.8 Å². The number of amides is 2. The van der Waals surface area contributed by atoms with Crippen molar-refractivity contribution in [2.45, 2.75) is 25.4 Å². The number of hydrogen-bond donors (Lipinski definition) is 3. The van der Waals surface area contributed by atoms with Gasteiger partial charge in [0.1, 0.15) is 5.69 Å². The Kier molecular flexibility index (Phi) is 6.07. The van der Waals surface area contributed by atoms with Crippen LogP contribution in [0.5, 0.6) is 0 Å². The topological polar surface area (TPSA) is 117 Å². The maximum absolute atomic E-state index is 12.0. The third kappa shape index (κ3) is 5.20. The Morgan fingerprint density at radius 3 is 2.46 bits per heavy atom. The second-order valence-electron chi connectivity index (χ2n) is 4.86. The van der Waals surface area contributed by atoms with Crippen molar-refractivity contribution in [3.63, 3.8) is 0 Å². The van der Waals surface area contributed by atoms with Gasteiger partial charge < -0.3 is 10.6 Å². The zero-order valence-corrected chi connectivity index (χ0v) is 14.1. The van der Waals surface area contributed by atoms with Gasteiger partial charge in [-0.25, -0.2) is 0 Å². The number of aromatic amines is 1. The van der Waals surface area contributed by atoms with Crippen molar-refractivity contribution in [2.24, 2.45) is 0 Å². The number of hydrogen-bond acceptors (Lipinski definition) is 6. The van der Waals surface area contributed by atoms with Gasteiger partial charge in [-0.1, -0.05) is 24.8 Å². The van der Waals surface area contributed by atoms with Gasteiger partial charge in [-0.2, -0.15) is 0 Å². The highest BCUT2D eigenvalue weighted by Gasteiger charge is 2.07. The number of rotatable bonds is 6. The summed E-state index contributed by atoms with van der Waals surface area (Å²) in [6, 6.07) is 6.86. The quantitative estimate of drug-likeness (QED) is 0.683. The molecule has 0 saturated heterocycles. The van der Waals surface area contributed by atoms with Crippen LogP contribution < -0.4 is 16.2 Å². The fraction of sp³-hybridized carbons (Fsp3) is 0.267. The minimum atomic E-state index is -0.327. The Bertz CT molecular complexity index is 806. The molecule has 2 rings (SSSR count). The standard InChI is InChI=1S/C15H17N5O3S/c1-3-12(21)16-10-5-4-6-11(7-10)17-13(22)8-24-15-18-14(23)9(2)19-20-15/h4-7H,3,8H2,1-2H3,(H,16,21)(H,17,22)(H,18,20,23). The first-order valence-electron chi connectivity index (χ1n) is 7.24. The average Bonchev–Trinajstić information content (AvgIpc) is 2.56. The normalized spacial score (nSPS) is 10.2. The van der Waals surface area contributed by atoms with E-state index in [1.165, 1.54) is 0 Å². The highest BCUT2D eigenvalue weighted by Crippen LogP contribution is 2.16. The highest BCUT2D eigenvalue weighted by atomic mass is 32.2. The number of thioether (sulfide) groups is 1. The Balaban J connectivity index is 1.92. The van der Waals surface area contributed by atoms with Crippen molar-refractivity contribution >= 4 is 35.0 Å². The molecule has 9 heteroatoms. The predicted octanol–water partition coefficient (Wildman–Crippen LogP) is 1.55. The molecule has 0 atom stereocenters. The molecule has 126 valence electrons. The lowest BCUT2D eigenvalue weighted by Gasteiger charge is -2.08. The number of carbonyl (C=O) groups is 2. The summed E-state index contributed by atoms with van der Waals surface area (Å²) in [7, 11) is 0. The van der Waals surface area contributed by atoms with Gasteiger partial charge in [-0.15, -0.1) is 10.2 Å². The van der Waals surface area contributed by atoms with Crippen LogP contribution in [0.25, 0.3) is 0 Å².